The zero-order chi connectivity index (χ0) is 8.10. The van der Waals surface area contributed by atoms with E-state index in [-0.39, 0.29) is 6.61 Å². The third-order valence-electron chi connectivity index (χ3n) is 1.32. The van der Waals surface area contributed by atoms with Crippen molar-refractivity contribution in [3.63, 3.8) is 0 Å². The first kappa shape index (κ1) is 7.88. The number of aliphatic hydroxyl groups is 1. The molecule has 0 saturated carbocycles. The van der Waals surface area contributed by atoms with Crippen LogP contribution in [-0.4, -0.2) is 16.4 Å². The molecule has 1 rings (SSSR count). The van der Waals surface area contributed by atoms with E-state index in [9.17, 15) is 4.79 Å². The highest BCUT2D eigenvalue weighted by Crippen LogP contribution is 1.98. The Kier molecular flexibility index (Phi) is 2.74. The van der Waals surface area contributed by atoms with Crippen molar-refractivity contribution in [2.24, 2.45) is 0 Å². The van der Waals surface area contributed by atoms with Crippen molar-refractivity contribution in [2.45, 2.75) is 13.0 Å². The van der Waals surface area contributed by atoms with Crippen LogP contribution < -0.4 is 0 Å². The molecule has 0 saturated heterocycles. The average molecular weight is 151 g/mol. The van der Waals surface area contributed by atoms with Gasteiger partial charge in [0.15, 0.2) is 0 Å². The lowest BCUT2D eigenvalue weighted by Gasteiger charge is -1.96. The average Bonchev–Trinajstić information content (AvgIpc) is 2.06. The van der Waals surface area contributed by atoms with Gasteiger partial charge in [0.1, 0.15) is 6.29 Å². The van der Waals surface area contributed by atoms with Crippen molar-refractivity contribution in [1.82, 2.24) is 4.98 Å². The predicted molar refractivity (Wildman–Crippen MR) is 39.9 cm³/mol. The maximum absolute atomic E-state index is 10.1. The van der Waals surface area contributed by atoms with Gasteiger partial charge in [-0.1, -0.05) is 6.07 Å². The van der Waals surface area contributed by atoms with Gasteiger partial charge >= 0.3 is 0 Å². The normalized spacial score (nSPS) is 9.55. The topological polar surface area (TPSA) is 50.2 Å². The number of carbonyl (C=O) groups excluding carboxylic acids is 1. The summed E-state index contributed by atoms with van der Waals surface area (Å²) in [6.45, 7) is -0.0767. The summed E-state index contributed by atoms with van der Waals surface area (Å²) in [5, 5.41) is 8.68. The summed E-state index contributed by atoms with van der Waals surface area (Å²) in [5.41, 5.74) is 1.30. The van der Waals surface area contributed by atoms with E-state index in [0.29, 0.717) is 17.8 Å². The molecule has 0 bridgehead atoms. The van der Waals surface area contributed by atoms with Crippen molar-refractivity contribution in [2.75, 3.05) is 0 Å². The van der Waals surface area contributed by atoms with Crippen LogP contribution in [0, 0.1) is 0 Å². The van der Waals surface area contributed by atoms with Gasteiger partial charge in [0.05, 0.1) is 12.3 Å². The largest absolute Gasteiger partial charge is 0.390 e. The quantitative estimate of drug-likeness (QED) is 0.633. The molecule has 0 aliphatic heterocycles. The Bertz CT molecular complexity index is 248. The summed E-state index contributed by atoms with van der Waals surface area (Å²) in [6, 6.07) is 5.25. The van der Waals surface area contributed by atoms with E-state index >= 15 is 0 Å². The molecule has 3 nitrogen and oxygen atoms in total. The zero-order valence-electron chi connectivity index (χ0n) is 6.03. The maximum atomic E-state index is 10.1. The number of hydrogen-bond acceptors (Lipinski definition) is 3. The number of aldehydes is 1. The molecule has 3 heteroatoms. The first-order valence-electron chi connectivity index (χ1n) is 3.36. The third kappa shape index (κ3) is 2.13. The minimum absolute atomic E-state index is 0.0767. The summed E-state index contributed by atoms with van der Waals surface area (Å²) in [5.74, 6) is 0. The fraction of sp³-hybridized carbons (Fsp3) is 0.250. The van der Waals surface area contributed by atoms with E-state index in [0.717, 1.165) is 6.29 Å². The Labute approximate surface area is 64.7 Å². The Morgan fingerprint density at radius 1 is 1.45 bits per heavy atom. The molecule has 1 heterocycles. The molecule has 0 unspecified atom stereocenters. The molecule has 0 atom stereocenters. The van der Waals surface area contributed by atoms with Crippen LogP contribution >= 0.6 is 0 Å². The summed E-state index contributed by atoms with van der Waals surface area (Å²) < 4.78 is 0. The van der Waals surface area contributed by atoms with Gasteiger partial charge in [-0.2, -0.15) is 0 Å². The summed E-state index contributed by atoms with van der Waals surface area (Å²) in [6.07, 6.45) is 1.11. The number of carbonyl (C=O) groups is 1. The third-order valence-corrected chi connectivity index (χ3v) is 1.32. The van der Waals surface area contributed by atoms with Gasteiger partial charge in [0.2, 0.25) is 0 Å². The van der Waals surface area contributed by atoms with Crippen LogP contribution in [0.5, 0.6) is 0 Å². The molecule has 0 aliphatic rings. The van der Waals surface area contributed by atoms with E-state index in [1.54, 1.807) is 18.2 Å². The van der Waals surface area contributed by atoms with Crippen LogP contribution in [0.25, 0.3) is 0 Å². The highest BCUT2D eigenvalue weighted by molar-refractivity contribution is 5.53. The number of aromatic nitrogens is 1. The number of pyridine rings is 1. The Morgan fingerprint density at radius 2 is 2.18 bits per heavy atom. The first-order valence-corrected chi connectivity index (χ1v) is 3.36. The molecule has 1 aromatic heterocycles. The molecule has 1 aromatic rings. The van der Waals surface area contributed by atoms with Crippen molar-refractivity contribution in [3.8, 4) is 0 Å². The highest BCUT2D eigenvalue weighted by Gasteiger charge is 1.94. The number of hydrogen-bond donors (Lipinski definition) is 1. The molecule has 0 aliphatic carbocycles. The summed E-state index contributed by atoms with van der Waals surface area (Å²) >= 11 is 0. The van der Waals surface area contributed by atoms with Crippen LogP contribution in [0.2, 0.25) is 0 Å². The fourth-order valence-corrected chi connectivity index (χ4v) is 0.816. The van der Waals surface area contributed by atoms with Gasteiger partial charge in [-0.25, -0.2) is 0 Å². The highest BCUT2D eigenvalue weighted by atomic mass is 16.3. The SMILES string of the molecule is O=CCc1cccc(CO)n1. The first-order chi connectivity index (χ1) is 5.36. The van der Waals surface area contributed by atoms with E-state index in [2.05, 4.69) is 4.98 Å². The maximum Gasteiger partial charge on any atom is 0.125 e. The minimum atomic E-state index is -0.0767. The fourth-order valence-electron chi connectivity index (χ4n) is 0.816. The zero-order valence-corrected chi connectivity index (χ0v) is 6.03. The lowest BCUT2D eigenvalue weighted by molar-refractivity contribution is -0.107. The van der Waals surface area contributed by atoms with Crippen molar-refractivity contribution in [3.05, 3.63) is 29.6 Å². The van der Waals surface area contributed by atoms with Crippen molar-refractivity contribution in [1.29, 1.82) is 0 Å². The molecule has 0 spiro atoms. The molecule has 0 fully saturated rings. The van der Waals surface area contributed by atoms with E-state index in [1.165, 1.54) is 0 Å². The van der Waals surface area contributed by atoms with Crippen molar-refractivity contribution < 1.29 is 9.90 Å². The number of rotatable bonds is 3. The van der Waals surface area contributed by atoms with E-state index in [1.807, 2.05) is 0 Å². The molecule has 11 heavy (non-hydrogen) atoms. The van der Waals surface area contributed by atoms with Crippen LogP contribution in [-0.2, 0) is 17.8 Å². The van der Waals surface area contributed by atoms with Crippen LogP contribution in [0.1, 0.15) is 11.4 Å². The van der Waals surface area contributed by atoms with E-state index < -0.39 is 0 Å². The lowest BCUT2D eigenvalue weighted by Crippen LogP contribution is -1.95. The minimum Gasteiger partial charge on any atom is -0.390 e. The number of nitrogens with zero attached hydrogens (tertiary/aromatic N) is 1. The molecular weight excluding hydrogens is 142 g/mol. The second kappa shape index (κ2) is 3.83. The van der Waals surface area contributed by atoms with Gasteiger partial charge in [-0.05, 0) is 12.1 Å². The number of aliphatic hydroxyl groups excluding tert-OH is 1. The summed E-state index contributed by atoms with van der Waals surface area (Å²) in [4.78, 5) is 14.1. The Morgan fingerprint density at radius 3 is 2.82 bits per heavy atom. The second-order valence-electron chi connectivity index (χ2n) is 2.15. The smallest absolute Gasteiger partial charge is 0.125 e. The van der Waals surface area contributed by atoms with Gasteiger partial charge in [0.25, 0.3) is 0 Å². The Hall–Kier alpha value is -1.22. The molecule has 1 N–H and O–H groups in total. The Balaban J connectivity index is 2.82. The van der Waals surface area contributed by atoms with Crippen LogP contribution in [0.4, 0.5) is 0 Å². The summed E-state index contributed by atoms with van der Waals surface area (Å²) in [7, 11) is 0. The molecule has 0 radical (unpaired) electrons. The second-order valence-corrected chi connectivity index (χ2v) is 2.15. The monoisotopic (exact) mass is 151 g/mol. The molecule has 58 valence electrons. The lowest BCUT2D eigenvalue weighted by atomic mass is 10.2. The van der Waals surface area contributed by atoms with Gasteiger partial charge in [-0.15, -0.1) is 0 Å². The van der Waals surface area contributed by atoms with Gasteiger partial charge in [0, 0.05) is 12.1 Å². The molecule has 0 aromatic carbocycles. The predicted octanol–water partition coefficient (Wildman–Crippen LogP) is 0.315. The van der Waals surface area contributed by atoms with Gasteiger partial charge in [-0.3, -0.25) is 4.98 Å². The van der Waals surface area contributed by atoms with Crippen LogP contribution in [0.15, 0.2) is 18.2 Å². The van der Waals surface area contributed by atoms with Crippen molar-refractivity contribution >= 4 is 6.29 Å². The van der Waals surface area contributed by atoms with Crippen LogP contribution in [0.3, 0.4) is 0 Å². The molecular formula is C8H9NO2. The van der Waals surface area contributed by atoms with E-state index in [4.69, 9.17) is 5.11 Å². The van der Waals surface area contributed by atoms with Gasteiger partial charge < -0.3 is 9.90 Å². The standard InChI is InChI=1S/C8H9NO2/c10-5-4-7-2-1-3-8(6-11)9-7/h1-3,5,11H,4,6H2. The molecule has 0 amide bonds.